The molecule has 1 heterocycles. The fraction of sp³-hybridized carbons (Fsp3) is 0.200. The van der Waals surface area contributed by atoms with Crippen molar-refractivity contribution in [3.63, 3.8) is 0 Å². The van der Waals surface area contributed by atoms with Crippen LogP contribution < -0.4 is 5.32 Å². The lowest BCUT2D eigenvalue weighted by atomic mass is 9.77. The van der Waals surface area contributed by atoms with Crippen molar-refractivity contribution in [1.29, 1.82) is 0 Å². The first-order chi connectivity index (χ1) is 18.3. The van der Waals surface area contributed by atoms with Crippen LogP contribution in [-0.2, 0) is 24.7 Å². The molecule has 0 atom stereocenters. The van der Waals surface area contributed by atoms with E-state index in [9.17, 15) is 9.59 Å². The average molecular weight is 527 g/mol. The van der Waals surface area contributed by atoms with Crippen LogP contribution in [0.3, 0.4) is 0 Å². The lowest BCUT2D eigenvalue weighted by Crippen LogP contribution is -2.38. The molecule has 0 aliphatic carbocycles. The summed E-state index contributed by atoms with van der Waals surface area (Å²) in [5, 5.41) is 9.67. The third-order valence-electron chi connectivity index (χ3n) is 5.52. The summed E-state index contributed by atoms with van der Waals surface area (Å²) in [6.07, 6.45) is 1.75. The van der Waals surface area contributed by atoms with Crippen molar-refractivity contribution in [3.8, 4) is 0 Å². The molecule has 8 heteroatoms. The molecule has 0 saturated carbocycles. The molecule has 0 fully saturated rings. The minimum atomic E-state index is -0.770. The first kappa shape index (κ1) is 26.8. The molecule has 1 radical (unpaired) electrons. The highest BCUT2D eigenvalue weighted by Crippen LogP contribution is 2.40. The zero-order valence-electron chi connectivity index (χ0n) is 21.4. The van der Waals surface area contributed by atoms with Gasteiger partial charge in [-0.3, -0.25) is 4.79 Å². The van der Waals surface area contributed by atoms with E-state index in [1.807, 2.05) is 54.6 Å². The second-order valence-corrected chi connectivity index (χ2v) is 10.3. The second-order valence-electron chi connectivity index (χ2n) is 9.41. The Morgan fingerprint density at radius 3 is 1.84 bits per heavy atom. The van der Waals surface area contributed by atoms with Crippen molar-refractivity contribution in [2.75, 3.05) is 11.9 Å². The molecular formula is C30H28N3O4S. The number of anilines is 1. The molecule has 7 nitrogen and oxygen atoms in total. The van der Waals surface area contributed by atoms with Crippen LogP contribution >= 0.6 is 11.3 Å². The standard InChI is InChI=1S/C30H28N3O4S/c1-29(2,3)37-27(35)20-36-33-25(19-34)26-21-38-28(31-26)32-30(22-13-7-4-8-14-22,23-15-9-5-10-16-23)24-17-11-6-12-18-24/h4-18,21H,20H2,1-3H3,(H,31,32). The zero-order valence-corrected chi connectivity index (χ0v) is 22.2. The molecule has 0 aliphatic rings. The summed E-state index contributed by atoms with van der Waals surface area (Å²) in [4.78, 5) is 33.2. The summed E-state index contributed by atoms with van der Waals surface area (Å²) < 4.78 is 5.19. The van der Waals surface area contributed by atoms with Gasteiger partial charge in [0.25, 0.3) is 6.29 Å². The largest absolute Gasteiger partial charge is 0.457 e. The van der Waals surface area contributed by atoms with Gasteiger partial charge in [0.1, 0.15) is 16.8 Å². The van der Waals surface area contributed by atoms with Gasteiger partial charge in [-0.25, -0.2) is 9.78 Å². The third-order valence-corrected chi connectivity index (χ3v) is 6.27. The van der Waals surface area contributed by atoms with E-state index < -0.39 is 23.7 Å². The molecule has 3 aromatic carbocycles. The van der Waals surface area contributed by atoms with E-state index in [0.29, 0.717) is 5.13 Å². The number of ether oxygens (including phenoxy) is 1. The van der Waals surface area contributed by atoms with Crippen LogP contribution in [0.4, 0.5) is 5.13 Å². The molecule has 1 aromatic heterocycles. The fourth-order valence-corrected chi connectivity index (χ4v) is 4.77. The molecule has 0 bridgehead atoms. The molecule has 0 spiro atoms. The van der Waals surface area contributed by atoms with Gasteiger partial charge in [0, 0.05) is 5.38 Å². The van der Waals surface area contributed by atoms with E-state index in [4.69, 9.17) is 9.57 Å². The molecular weight excluding hydrogens is 498 g/mol. The highest BCUT2D eigenvalue weighted by atomic mass is 32.1. The number of carbonyl (C=O) groups excluding carboxylic acids is 2. The Bertz CT molecular complexity index is 1280. The van der Waals surface area contributed by atoms with Crippen LogP contribution in [0.15, 0.2) is 102 Å². The minimum Gasteiger partial charge on any atom is -0.457 e. The molecule has 0 aliphatic heterocycles. The number of aromatic nitrogens is 1. The van der Waals surface area contributed by atoms with E-state index in [0.717, 1.165) is 16.7 Å². The predicted molar refractivity (Wildman–Crippen MR) is 149 cm³/mol. The van der Waals surface area contributed by atoms with Gasteiger partial charge in [-0.15, -0.1) is 11.3 Å². The highest BCUT2D eigenvalue weighted by Gasteiger charge is 2.37. The summed E-state index contributed by atoms with van der Waals surface area (Å²) in [5.41, 5.74) is 1.76. The van der Waals surface area contributed by atoms with Crippen LogP contribution in [0.2, 0.25) is 0 Å². The Kier molecular flexibility index (Phi) is 8.33. The van der Waals surface area contributed by atoms with Crippen molar-refractivity contribution in [3.05, 3.63) is 119 Å². The molecule has 0 amide bonds. The number of esters is 1. The molecule has 4 rings (SSSR count). The Morgan fingerprint density at radius 1 is 0.895 bits per heavy atom. The van der Waals surface area contributed by atoms with E-state index >= 15 is 0 Å². The normalized spacial score (nSPS) is 12.0. The van der Waals surface area contributed by atoms with Gasteiger partial charge in [-0.05, 0) is 37.5 Å². The number of hydrogen-bond donors (Lipinski definition) is 1. The number of nitrogens with zero attached hydrogens (tertiary/aromatic N) is 2. The van der Waals surface area contributed by atoms with Gasteiger partial charge in [0.05, 0.1) is 0 Å². The maximum absolute atomic E-state index is 11.9. The summed E-state index contributed by atoms with van der Waals surface area (Å²) in [7, 11) is 0. The minimum absolute atomic E-state index is 0.150. The Labute approximate surface area is 226 Å². The zero-order chi connectivity index (χ0) is 27.0. The van der Waals surface area contributed by atoms with Gasteiger partial charge >= 0.3 is 5.97 Å². The van der Waals surface area contributed by atoms with Crippen molar-refractivity contribution >= 4 is 34.4 Å². The molecule has 193 valence electrons. The maximum Gasteiger partial charge on any atom is 0.347 e. The SMILES string of the molecule is CC(C)(C)OC(=O)CON=C([C]=O)c1csc(NC(c2ccccc2)(c2ccccc2)c2ccccc2)n1. The number of nitrogens with one attached hydrogen (secondary N) is 1. The quantitative estimate of drug-likeness (QED) is 0.123. The van der Waals surface area contributed by atoms with Crippen LogP contribution in [0, 0.1) is 0 Å². The summed E-state index contributed by atoms with van der Waals surface area (Å²) in [6, 6.07) is 30.3. The summed E-state index contributed by atoms with van der Waals surface area (Å²) in [6.45, 7) is 4.83. The van der Waals surface area contributed by atoms with Crippen molar-refractivity contribution in [2.24, 2.45) is 5.16 Å². The number of benzene rings is 3. The molecule has 4 aromatic rings. The summed E-state index contributed by atoms with van der Waals surface area (Å²) >= 11 is 1.32. The number of rotatable bonds is 10. The van der Waals surface area contributed by atoms with Gasteiger partial charge in [-0.2, -0.15) is 0 Å². The fourth-order valence-electron chi connectivity index (χ4n) is 4.02. The van der Waals surface area contributed by atoms with Gasteiger partial charge in [-0.1, -0.05) is 96.2 Å². The molecule has 0 saturated heterocycles. The van der Waals surface area contributed by atoms with E-state index in [-0.39, 0.29) is 11.4 Å². The van der Waals surface area contributed by atoms with Crippen molar-refractivity contribution in [1.82, 2.24) is 4.98 Å². The smallest absolute Gasteiger partial charge is 0.347 e. The predicted octanol–water partition coefficient (Wildman–Crippen LogP) is 5.72. The van der Waals surface area contributed by atoms with Gasteiger partial charge < -0.3 is 14.9 Å². The van der Waals surface area contributed by atoms with Crippen LogP contribution in [0.5, 0.6) is 0 Å². The first-order valence-electron chi connectivity index (χ1n) is 12.0. The van der Waals surface area contributed by atoms with Gasteiger partial charge in [0.2, 0.25) is 6.61 Å². The maximum atomic E-state index is 11.9. The first-order valence-corrected chi connectivity index (χ1v) is 12.9. The number of carbonyl (C=O) groups is 1. The van der Waals surface area contributed by atoms with Crippen molar-refractivity contribution in [2.45, 2.75) is 31.9 Å². The van der Waals surface area contributed by atoms with E-state index in [1.165, 1.54) is 11.3 Å². The Hall–Kier alpha value is -4.30. The number of oxime groups is 1. The lowest BCUT2D eigenvalue weighted by Gasteiger charge is -2.36. The van der Waals surface area contributed by atoms with Gasteiger partial charge in [0.15, 0.2) is 10.8 Å². The summed E-state index contributed by atoms with van der Waals surface area (Å²) in [5.74, 6) is -0.592. The average Bonchev–Trinajstić information content (AvgIpc) is 3.38. The Morgan fingerprint density at radius 2 is 1.39 bits per heavy atom. The van der Waals surface area contributed by atoms with Crippen LogP contribution in [-0.4, -0.2) is 35.2 Å². The highest BCUT2D eigenvalue weighted by molar-refractivity contribution is 7.14. The number of hydrogen-bond acceptors (Lipinski definition) is 8. The monoisotopic (exact) mass is 526 g/mol. The molecule has 0 unspecified atom stereocenters. The van der Waals surface area contributed by atoms with Crippen LogP contribution in [0.1, 0.15) is 43.2 Å². The lowest BCUT2D eigenvalue weighted by molar-refractivity contribution is -0.160. The van der Waals surface area contributed by atoms with E-state index in [1.54, 1.807) is 32.4 Å². The third kappa shape index (κ3) is 6.33. The van der Waals surface area contributed by atoms with Crippen LogP contribution in [0.25, 0.3) is 0 Å². The molecule has 1 N–H and O–H groups in total. The number of thiazole rings is 1. The Balaban J connectivity index is 1.68. The topological polar surface area (TPSA) is 89.9 Å². The van der Waals surface area contributed by atoms with E-state index in [2.05, 4.69) is 51.9 Å². The second kappa shape index (κ2) is 11.8. The molecule has 38 heavy (non-hydrogen) atoms. The van der Waals surface area contributed by atoms with Crippen molar-refractivity contribution < 1.29 is 19.2 Å².